The molecule has 0 aliphatic rings. The molecule has 0 aliphatic carbocycles. The Balaban J connectivity index is 2.33. The summed E-state index contributed by atoms with van der Waals surface area (Å²) in [5.74, 6) is 0. The number of hydrogen-bond acceptors (Lipinski definition) is 1. The summed E-state index contributed by atoms with van der Waals surface area (Å²) in [5.41, 5.74) is 5.81. The zero-order valence-electron chi connectivity index (χ0n) is 11.3. The van der Waals surface area contributed by atoms with Crippen molar-refractivity contribution in [2.75, 3.05) is 7.11 Å². The Morgan fingerprint density at radius 3 is 1.50 bits per heavy atom. The van der Waals surface area contributed by atoms with E-state index in [9.17, 15) is 0 Å². The van der Waals surface area contributed by atoms with Gasteiger partial charge in [-0.3, -0.25) is 0 Å². The summed E-state index contributed by atoms with van der Waals surface area (Å²) in [7, 11) is 1.24. The molecule has 18 heavy (non-hydrogen) atoms. The molecule has 0 saturated carbocycles. The van der Waals surface area contributed by atoms with Crippen molar-refractivity contribution >= 4 is 9.76 Å². The van der Waals surface area contributed by atoms with Crippen LogP contribution in [-0.4, -0.2) is 16.9 Å². The lowest BCUT2D eigenvalue weighted by atomic mass is 10.0. The van der Waals surface area contributed by atoms with Gasteiger partial charge in [0.2, 0.25) is 0 Å². The molecule has 0 heterocycles. The zero-order valence-corrected chi connectivity index (χ0v) is 12.7. The monoisotopic (exact) mass is 256 g/mol. The largest absolute Gasteiger partial charge is 0.426 e. The number of hydrogen-bond donors (Lipinski definition) is 0. The van der Waals surface area contributed by atoms with E-state index in [-0.39, 0.29) is 0 Å². The number of benzene rings is 2. The van der Waals surface area contributed by atoms with E-state index in [0.29, 0.717) is 5.54 Å². The van der Waals surface area contributed by atoms with Gasteiger partial charge in [0, 0.05) is 12.7 Å². The second-order valence-corrected chi connectivity index (χ2v) is 6.56. The Labute approximate surface area is 112 Å². The quantitative estimate of drug-likeness (QED) is 0.764. The SMILES string of the molecule is CO[SiH2]C(c1ccc(C)cc1)c1ccc(C)cc1. The maximum Gasteiger partial charge on any atom is 0.172 e. The molecule has 0 atom stereocenters. The molecule has 0 unspecified atom stereocenters. The molecule has 2 rings (SSSR count). The van der Waals surface area contributed by atoms with E-state index in [4.69, 9.17) is 4.43 Å². The molecule has 0 N–H and O–H groups in total. The van der Waals surface area contributed by atoms with Crippen molar-refractivity contribution in [1.29, 1.82) is 0 Å². The highest BCUT2D eigenvalue weighted by Gasteiger charge is 2.14. The van der Waals surface area contributed by atoms with E-state index < -0.39 is 9.76 Å². The summed E-state index contributed by atoms with van der Waals surface area (Å²) in [6.45, 7) is 4.25. The average molecular weight is 256 g/mol. The van der Waals surface area contributed by atoms with Crippen LogP contribution in [0.15, 0.2) is 48.5 Å². The molecule has 94 valence electrons. The average Bonchev–Trinajstić information content (AvgIpc) is 2.39. The molecule has 0 aliphatic heterocycles. The lowest BCUT2D eigenvalue weighted by Crippen LogP contribution is -2.12. The van der Waals surface area contributed by atoms with E-state index >= 15 is 0 Å². The Bertz CT molecular complexity index is 442. The van der Waals surface area contributed by atoms with Crippen LogP contribution in [0, 0.1) is 13.8 Å². The van der Waals surface area contributed by atoms with Gasteiger partial charge in [0.15, 0.2) is 9.76 Å². The van der Waals surface area contributed by atoms with Gasteiger partial charge in [0.25, 0.3) is 0 Å². The lowest BCUT2D eigenvalue weighted by molar-refractivity contribution is 0.436. The summed E-state index contributed by atoms with van der Waals surface area (Å²) >= 11 is 0. The van der Waals surface area contributed by atoms with E-state index in [1.165, 1.54) is 22.3 Å². The van der Waals surface area contributed by atoms with Crippen molar-refractivity contribution in [3.63, 3.8) is 0 Å². The first-order chi connectivity index (χ1) is 8.70. The van der Waals surface area contributed by atoms with E-state index in [0.717, 1.165) is 0 Å². The molecular weight excluding hydrogens is 236 g/mol. The van der Waals surface area contributed by atoms with Gasteiger partial charge in [0.1, 0.15) is 0 Å². The van der Waals surface area contributed by atoms with Gasteiger partial charge in [-0.15, -0.1) is 0 Å². The Hall–Kier alpha value is -1.38. The predicted octanol–water partition coefficient (Wildman–Crippen LogP) is 3.12. The van der Waals surface area contributed by atoms with Crippen molar-refractivity contribution in [3.05, 3.63) is 70.8 Å². The molecule has 0 aromatic heterocycles. The molecule has 0 saturated heterocycles. The predicted molar refractivity (Wildman–Crippen MR) is 79.8 cm³/mol. The van der Waals surface area contributed by atoms with Gasteiger partial charge in [-0.1, -0.05) is 59.7 Å². The van der Waals surface area contributed by atoms with Crippen LogP contribution in [0.5, 0.6) is 0 Å². The highest BCUT2D eigenvalue weighted by molar-refractivity contribution is 6.31. The van der Waals surface area contributed by atoms with E-state index in [1.54, 1.807) is 0 Å². The van der Waals surface area contributed by atoms with Gasteiger partial charge in [-0.25, -0.2) is 0 Å². The van der Waals surface area contributed by atoms with Gasteiger partial charge >= 0.3 is 0 Å². The van der Waals surface area contributed by atoms with Crippen LogP contribution >= 0.6 is 0 Å². The van der Waals surface area contributed by atoms with Gasteiger partial charge < -0.3 is 4.43 Å². The van der Waals surface area contributed by atoms with Gasteiger partial charge in [0.05, 0.1) is 0 Å². The van der Waals surface area contributed by atoms with Gasteiger partial charge in [-0.05, 0) is 25.0 Å². The Morgan fingerprint density at radius 1 is 0.778 bits per heavy atom. The highest BCUT2D eigenvalue weighted by atomic mass is 28.2. The number of rotatable bonds is 4. The second kappa shape index (κ2) is 5.98. The first kappa shape index (κ1) is 13.1. The molecular formula is C16H20OSi. The summed E-state index contributed by atoms with van der Waals surface area (Å²) in [6.07, 6.45) is 0. The third kappa shape index (κ3) is 3.09. The minimum absolute atomic E-state index is 0.455. The highest BCUT2D eigenvalue weighted by Crippen LogP contribution is 2.24. The summed E-state index contributed by atoms with van der Waals surface area (Å²) in [6, 6.07) is 17.6. The zero-order chi connectivity index (χ0) is 13.0. The smallest absolute Gasteiger partial charge is 0.172 e. The third-order valence-electron chi connectivity index (χ3n) is 3.29. The second-order valence-electron chi connectivity index (χ2n) is 4.83. The summed E-state index contributed by atoms with van der Waals surface area (Å²) in [4.78, 5) is 0. The fourth-order valence-corrected chi connectivity index (χ4v) is 3.41. The summed E-state index contributed by atoms with van der Waals surface area (Å²) < 4.78 is 5.51. The van der Waals surface area contributed by atoms with Crippen LogP contribution < -0.4 is 0 Å². The van der Waals surface area contributed by atoms with Crippen molar-refractivity contribution < 1.29 is 4.43 Å². The van der Waals surface area contributed by atoms with Crippen LogP contribution in [0.4, 0.5) is 0 Å². The molecule has 2 heteroatoms. The molecule has 0 fully saturated rings. The van der Waals surface area contributed by atoms with Crippen LogP contribution in [0.1, 0.15) is 27.8 Å². The fourth-order valence-electron chi connectivity index (χ4n) is 2.15. The molecule has 2 aromatic carbocycles. The van der Waals surface area contributed by atoms with Crippen molar-refractivity contribution in [1.82, 2.24) is 0 Å². The lowest BCUT2D eigenvalue weighted by Gasteiger charge is -2.17. The first-order valence-electron chi connectivity index (χ1n) is 6.33. The molecule has 2 aromatic rings. The topological polar surface area (TPSA) is 9.23 Å². The maximum atomic E-state index is 5.51. The third-order valence-corrected chi connectivity index (χ3v) is 4.90. The molecule has 0 spiro atoms. The Kier molecular flexibility index (Phi) is 4.34. The van der Waals surface area contributed by atoms with Crippen molar-refractivity contribution in [2.45, 2.75) is 19.4 Å². The standard InChI is InChI=1S/C16H20OSi/c1-12-4-8-14(9-5-12)16(18-17-3)15-10-6-13(2)7-11-15/h4-11,16H,18H2,1-3H3. The minimum atomic E-state index is -0.585. The van der Waals surface area contributed by atoms with Crippen LogP contribution in [-0.2, 0) is 4.43 Å². The van der Waals surface area contributed by atoms with Crippen molar-refractivity contribution in [2.24, 2.45) is 0 Å². The van der Waals surface area contributed by atoms with E-state index in [1.807, 2.05) is 7.11 Å². The van der Waals surface area contributed by atoms with Crippen LogP contribution in [0.2, 0.25) is 0 Å². The number of aryl methyl sites for hydroxylation is 2. The van der Waals surface area contributed by atoms with Crippen molar-refractivity contribution in [3.8, 4) is 0 Å². The Morgan fingerprint density at radius 2 is 1.17 bits per heavy atom. The van der Waals surface area contributed by atoms with Gasteiger partial charge in [-0.2, -0.15) is 0 Å². The molecule has 0 amide bonds. The van der Waals surface area contributed by atoms with Crippen LogP contribution in [0.25, 0.3) is 0 Å². The fraction of sp³-hybridized carbons (Fsp3) is 0.250. The molecule has 0 bridgehead atoms. The van der Waals surface area contributed by atoms with Crippen LogP contribution in [0.3, 0.4) is 0 Å². The normalized spacial score (nSPS) is 11.6. The summed E-state index contributed by atoms with van der Waals surface area (Å²) in [5, 5.41) is 0. The maximum absolute atomic E-state index is 5.51. The molecule has 0 radical (unpaired) electrons. The molecule has 1 nitrogen and oxygen atoms in total. The minimum Gasteiger partial charge on any atom is -0.426 e. The first-order valence-corrected chi connectivity index (χ1v) is 7.72. The van der Waals surface area contributed by atoms with E-state index in [2.05, 4.69) is 62.4 Å².